The number of methoxy groups -OCH3 is 1. The lowest BCUT2D eigenvalue weighted by molar-refractivity contribution is -0.0808. The molecule has 0 radical (unpaired) electrons. The lowest BCUT2D eigenvalue weighted by Gasteiger charge is -2.32. The Hall–Kier alpha value is -3.14. The monoisotopic (exact) mass is 360 g/mol. The van der Waals surface area contributed by atoms with Gasteiger partial charge in [-0.2, -0.15) is 0 Å². The van der Waals surface area contributed by atoms with Crippen LogP contribution in [0, 0.1) is 0 Å². The number of aliphatic imine (C=N–C) groups is 1. The minimum Gasteiger partial charge on any atom is -0.480 e. The zero-order valence-corrected chi connectivity index (χ0v) is 14.1. The van der Waals surface area contributed by atoms with Crippen LogP contribution in [0.15, 0.2) is 35.7 Å². The lowest BCUT2D eigenvalue weighted by atomic mass is 9.96. The summed E-state index contributed by atoms with van der Waals surface area (Å²) in [6.07, 6.45) is 2.34. The minimum absolute atomic E-state index is 0.0800. The maximum absolute atomic E-state index is 14.3. The Kier molecular flexibility index (Phi) is 4.76. The summed E-state index contributed by atoms with van der Waals surface area (Å²) in [5.41, 5.74) is 5.03. The number of halogens is 1. The molecule has 0 saturated heterocycles. The van der Waals surface area contributed by atoms with Crippen molar-refractivity contribution in [2.45, 2.75) is 18.8 Å². The van der Waals surface area contributed by atoms with Gasteiger partial charge in [0, 0.05) is 11.9 Å². The van der Waals surface area contributed by atoms with Gasteiger partial charge in [-0.3, -0.25) is 14.8 Å². The van der Waals surface area contributed by atoms with Crippen molar-refractivity contribution in [3.05, 3.63) is 42.1 Å². The highest BCUT2D eigenvalue weighted by molar-refractivity contribution is 6.02. The molecule has 0 saturated carbocycles. The van der Waals surface area contributed by atoms with Gasteiger partial charge in [0.15, 0.2) is 5.54 Å². The topological polar surface area (TPSA) is 125 Å². The Morgan fingerprint density at radius 3 is 2.92 bits per heavy atom. The molecular formula is C16H17FN6O3. The number of anilines is 1. The van der Waals surface area contributed by atoms with Crippen molar-refractivity contribution in [3.63, 3.8) is 0 Å². The predicted octanol–water partition coefficient (Wildman–Crippen LogP) is 1.03. The number of carbonyl (C=O) groups excluding carboxylic acids is 1. The van der Waals surface area contributed by atoms with Gasteiger partial charge >= 0.3 is 0 Å². The SMILES string of the molecule is COc1cnc(C(=O)Nc2ccnc([C@@]3(C)N=C(N)CO[C@@H]3F)c2)cn1. The Bertz CT molecular complexity index is 844. The molecule has 10 heteroatoms. The average Bonchev–Trinajstić information content (AvgIpc) is 2.65. The van der Waals surface area contributed by atoms with Gasteiger partial charge in [0.25, 0.3) is 5.91 Å². The summed E-state index contributed by atoms with van der Waals surface area (Å²) in [6, 6.07) is 3.07. The number of pyridine rings is 1. The first-order valence-corrected chi connectivity index (χ1v) is 7.66. The van der Waals surface area contributed by atoms with Crippen molar-refractivity contribution in [2.24, 2.45) is 10.7 Å². The molecule has 0 aromatic carbocycles. The van der Waals surface area contributed by atoms with Crippen molar-refractivity contribution in [1.29, 1.82) is 0 Å². The van der Waals surface area contributed by atoms with E-state index in [1.54, 1.807) is 6.07 Å². The number of rotatable bonds is 4. The van der Waals surface area contributed by atoms with E-state index in [0.29, 0.717) is 11.6 Å². The van der Waals surface area contributed by atoms with E-state index in [9.17, 15) is 9.18 Å². The molecule has 1 aliphatic heterocycles. The second kappa shape index (κ2) is 7.00. The molecule has 0 unspecified atom stereocenters. The molecule has 0 fully saturated rings. The van der Waals surface area contributed by atoms with E-state index in [2.05, 4.69) is 25.3 Å². The summed E-state index contributed by atoms with van der Waals surface area (Å²) in [5, 5.41) is 2.65. The molecule has 9 nitrogen and oxygen atoms in total. The maximum Gasteiger partial charge on any atom is 0.275 e. The van der Waals surface area contributed by atoms with Gasteiger partial charge in [0.05, 0.1) is 25.2 Å². The number of amidine groups is 1. The standard InChI is InChI=1S/C16H17FN6O3/c1-16(15(17)26-8-12(18)23-16)11-5-9(3-4-19-11)22-14(24)10-6-21-13(25-2)7-20-10/h3-7,15H,8H2,1-2H3,(H2,18,23)(H,19,22,24)/t15-,16+/m0/s1. The molecule has 0 aliphatic carbocycles. The molecular weight excluding hydrogens is 343 g/mol. The third kappa shape index (κ3) is 3.45. The van der Waals surface area contributed by atoms with Crippen LogP contribution in [0.1, 0.15) is 23.1 Å². The number of ether oxygens (including phenoxy) is 2. The van der Waals surface area contributed by atoms with Crippen LogP contribution in [-0.4, -0.2) is 46.8 Å². The molecule has 26 heavy (non-hydrogen) atoms. The number of hydrogen-bond acceptors (Lipinski definition) is 8. The normalized spacial score (nSPS) is 22.4. The molecule has 0 spiro atoms. The lowest BCUT2D eigenvalue weighted by Crippen LogP contribution is -2.43. The second-order valence-electron chi connectivity index (χ2n) is 5.71. The number of nitrogens with two attached hydrogens (primary N) is 1. The molecule has 1 aliphatic rings. The number of aromatic nitrogens is 3. The predicted molar refractivity (Wildman–Crippen MR) is 90.6 cm³/mol. The highest BCUT2D eigenvalue weighted by Gasteiger charge is 2.41. The first kappa shape index (κ1) is 17.7. The highest BCUT2D eigenvalue weighted by atomic mass is 19.1. The molecule has 2 aromatic heterocycles. The van der Waals surface area contributed by atoms with E-state index in [-0.39, 0.29) is 23.8 Å². The fourth-order valence-electron chi connectivity index (χ4n) is 2.39. The van der Waals surface area contributed by atoms with Gasteiger partial charge < -0.3 is 20.5 Å². The Labute approximate surface area is 148 Å². The average molecular weight is 360 g/mol. The Morgan fingerprint density at radius 1 is 1.42 bits per heavy atom. The van der Waals surface area contributed by atoms with Gasteiger partial charge in [-0.1, -0.05) is 0 Å². The van der Waals surface area contributed by atoms with Gasteiger partial charge in [-0.05, 0) is 19.1 Å². The molecule has 3 heterocycles. The third-order valence-corrected chi connectivity index (χ3v) is 3.80. The van der Waals surface area contributed by atoms with Crippen molar-refractivity contribution in [3.8, 4) is 5.88 Å². The van der Waals surface area contributed by atoms with Crippen LogP contribution in [0.2, 0.25) is 0 Å². The fourth-order valence-corrected chi connectivity index (χ4v) is 2.39. The number of nitrogens with zero attached hydrogens (tertiary/aromatic N) is 4. The largest absolute Gasteiger partial charge is 0.480 e. The van der Waals surface area contributed by atoms with Crippen molar-refractivity contribution in [1.82, 2.24) is 15.0 Å². The number of alkyl halides is 1. The second-order valence-corrected chi connectivity index (χ2v) is 5.71. The molecule has 2 atom stereocenters. The van der Waals surface area contributed by atoms with E-state index in [1.807, 2.05) is 0 Å². The summed E-state index contributed by atoms with van der Waals surface area (Å²) in [7, 11) is 1.45. The van der Waals surface area contributed by atoms with Gasteiger partial charge in [0.2, 0.25) is 12.2 Å². The molecule has 2 aromatic rings. The summed E-state index contributed by atoms with van der Waals surface area (Å²) in [4.78, 5) is 28.5. The summed E-state index contributed by atoms with van der Waals surface area (Å²) in [5.74, 6) is -0.0179. The quantitative estimate of drug-likeness (QED) is 0.834. The molecule has 3 N–H and O–H groups in total. The Balaban J connectivity index is 1.83. The van der Waals surface area contributed by atoms with Crippen LogP contribution in [0.5, 0.6) is 5.88 Å². The summed E-state index contributed by atoms with van der Waals surface area (Å²) >= 11 is 0. The molecule has 1 amide bonds. The van der Waals surface area contributed by atoms with Crippen LogP contribution in [0.25, 0.3) is 0 Å². The van der Waals surface area contributed by atoms with Crippen LogP contribution in [-0.2, 0) is 10.3 Å². The van der Waals surface area contributed by atoms with Crippen molar-refractivity contribution in [2.75, 3.05) is 19.0 Å². The molecule has 136 valence electrons. The number of hydrogen-bond donors (Lipinski definition) is 2. The van der Waals surface area contributed by atoms with Crippen LogP contribution in [0.3, 0.4) is 0 Å². The van der Waals surface area contributed by atoms with E-state index in [1.165, 1.54) is 38.7 Å². The van der Waals surface area contributed by atoms with E-state index in [4.69, 9.17) is 15.2 Å². The first-order chi connectivity index (χ1) is 12.4. The zero-order chi connectivity index (χ0) is 18.7. The van der Waals surface area contributed by atoms with Gasteiger partial charge in [0.1, 0.15) is 18.1 Å². The third-order valence-electron chi connectivity index (χ3n) is 3.80. The van der Waals surface area contributed by atoms with Crippen LogP contribution in [0.4, 0.5) is 10.1 Å². The maximum atomic E-state index is 14.3. The van der Waals surface area contributed by atoms with Crippen molar-refractivity contribution >= 4 is 17.4 Å². The van der Waals surface area contributed by atoms with E-state index in [0.717, 1.165) is 0 Å². The van der Waals surface area contributed by atoms with Gasteiger partial charge in [-0.15, -0.1) is 0 Å². The number of nitrogens with one attached hydrogen (secondary N) is 1. The Morgan fingerprint density at radius 2 is 2.23 bits per heavy atom. The molecule has 3 rings (SSSR count). The fraction of sp³-hybridized carbons (Fsp3) is 0.312. The smallest absolute Gasteiger partial charge is 0.275 e. The van der Waals surface area contributed by atoms with E-state index < -0.39 is 17.8 Å². The van der Waals surface area contributed by atoms with Crippen molar-refractivity contribution < 1.29 is 18.7 Å². The van der Waals surface area contributed by atoms with Gasteiger partial charge in [-0.25, -0.2) is 14.4 Å². The highest BCUT2D eigenvalue weighted by Crippen LogP contribution is 2.34. The molecule has 0 bridgehead atoms. The zero-order valence-electron chi connectivity index (χ0n) is 14.1. The van der Waals surface area contributed by atoms with Crippen LogP contribution >= 0.6 is 0 Å². The first-order valence-electron chi connectivity index (χ1n) is 7.66. The minimum atomic E-state index is -1.71. The summed E-state index contributed by atoms with van der Waals surface area (Å²) in [6.45, 7) is 1.44. The number of carbonyl (C=O) groups is 1. The summed E-state index contributed by atoms with van der Waals surface area (Å²) < 4.78 is 24.2. The van der Waals surface area contributed by atoms with Crippen LogP contribution < -0.4 is 15.8 Å². The number of amides is 1. The van der Waals surface area contributed by atoms with E-state index >= 15 is 0 Å².